The summed E-state index contributed by atoms with van der Waals surface area (Å²) in [6.45, 7) is 1.20. The lowest BCUT2D eigenvalue weighted by atomic mass is 10.1. The summed E-state index contributed by atoms with van der Waals surface area (Å²) in [6, 6.07) is 5.21. The van der Waals surface area contributed by atoms with Crippen LogP contribution in [-0.4, -0.2) is 37.2 Å². The number of carbonyl (C=O) groups is 1. The van der Waals surface area contributed by atoms with Gasteiger partial charge in [0.2, 0.25) is 0 Å². The number of amides is 1. The third kappa shape index (κ3) is 3.56. The molecule has 0 saturated carbocycles. The highest BCUT2D eigenvalue weighted by Gasteiger charge is 2.17. The summed E-state index contributed by atoms with van der Waals surface area (Å²) in [5.41, 5.74) is 2.13. The number of hydrogen-bond donors (Lipinski definition) is 0. The normalized spacial score (nSPS) is 14.4. The standard InChI is InChI=1S/C21H25N5O2/c1-24(13-15-12-22-25(2)14-15)20(27)16-8-9-17-18(11-16)23-19-7-5-3-4-6-10-26(19)21(17)28/h8-9,11-12,14H,3-7,10,13H2,1-2H3. The predicted molar refractivity (Wildman–Crippen MR) is 107 cm³/mol. The smallest absolute Gasteiger partial charge is 0.261 e. The van der Waals surface area contributed by atoms with Crippen molar-refractivity contribution in [1.29, 1.82) is 0 Å². The minimum Gasteiger partial charge on any atom is -0.337 e. The summed E-state index contributed by atoms with van der Waals surface area (Å²) >= 11 is 0. The molecule has 1 aliphatic rings. The van der Waals surface area contributed by atoms with Crippen molar-refractivity contribution in [2.24, 2.45) is 7.05 Å². The second-order valence-corrected chi connectivity index (χ2v) is 7.56. The Labute approximate surface area is 163 Å². The van der Waals surface area contributed by atoms with E-state index >= 15 is 0 Å². The average molecular weight is 379 g/mol. The van der Waals surface area contributed by atoms with Crippen molar-refractivity contribution in [3.05, 3.63) is 57.9 Å². The van der Waals surface area contributed by atoms with Crippen LogP contribution in [0.3, 0.4) is 0 Å². The second kappa shape index (κ2) is 7.58. The van der Waals surface area contributed by atoms with Gasteiger partial charge in [-0.05, 0) is 31.0 Å². The van der Waals surface area contributed by atoms with Crippen LogP contribution in [0, 0.1) is 0 Å². The van der Waals surface area contributed by atoms with E-state index in [0.717, 1.165) is 43.6 Å². The molecular formula is C21H25N5O2. The van der Waals surface area contributed by atoms with Crippen LogP contribution >= 0.6 is 0 Å². The van der Waals surface area contributed by atoms with E-state index < -0.39 is 0 Å². The largest absolute Gasteiger partial charge is 0.337 e. The lowest BCUT2D eigenvalue weighted by molar-refractivity contribution is 0.0785. The molecule has 1 aromatic carbocycles. The summed E-state index contributed by atoms with van der Waals surface area (Å²) in [5.74, 6) is 0.741. The van der Waals surface area contributed by atoms with Gasteiger partial charge in [-0.15, -0.1) is 0 Å². The molecule has 0 fully saturated rings. The van der Waals surface area contributed by atoms with Gasteiger partial charge in [0.25, 0.3) is 11.5 Å². The van der Waals surface area contributed by atoms with E-state index in [1.54, 1.807) is 41.0 Å². The zero-order valence-electron chi connectivity index (χ0n) is 16.4. The van der Waals surface area contributed by atoms with Gasteiger partial charge in [0.1, 0.15) is 5.82 Å². The summed E-state index contributed by atoms with van der Waals surface area (Å²) in [7, 11) is 3.62. The number of benzene rings is 1. The first-order valence-corrected chi connectivity index (χ1v) is 9.79. The van der Waals surface area contributed by atoms with Crippen molar-refractivity contribution < 1.29 is 4.79 Å². The van der Waals surface area contributed by atoms with E-state index in [1.807, 2.05) is 17.8 Å². The van der Waals surface area contributed by atoms with Crippen LogP contribution in [0.25, 0.3) is 10.9 Å². The third-order valence-corrected chi connectivity index (χ3v) is 5.34. The molecule has 3 aromatic rings. The van der Waals surface area contributed by atoms with Crippen molar-refractivity contribution in [2.45, 2.75) is 45.2 Å². The Morgan fingerprint density at radius 1 is 1.21 bits per heavy atom. The molecule has 7 heteroatoms. The van der Waals surface area contributed by atoms with E-state index in [2.05, 4.69) is 5.10 Å². The summed E-state index contributed by atoms with van der Waals surface area (Å²) in [5, 5.41) is 4.72. The fraction of sp³-hybridized carbons (Fsp3) is 0.429. The zero-order chi connectivity index (χ0) is 19.7. The Hall–Kier alpha value is -2.96. The van der Waals surface area contributed by atoms with Crippen LogP contribution in [0.1, 0.15) is 47.4 Å². The van der Waals surface area contributed by atoms with Gasteiger partial charge in [0.05, 0.1) is 17.1 Å². The number of fused-ring (bicyclic) bond motifs is 2. The van der Waals surface area contributed by atoms with Crippen LogP contribution < -0.4 is 5.56 Å². The van der Waals surface area contributed by atoms with Gasteiger partial charge in [0.15, 0.2) is 0 Å². The van der Waals surface area contributed by atoms with Crippen molar-refractivity contribution >= 4 is 16.8 Å². The molecule has 4 rings (SSSR count). The molecule has 0 unspecified atom stereocenters. The molecule has 28 heavy (non-hydrogen) atoms. The van der Waals surface area contributed by atoms with Crippen molar-refractivity contribution in [1.82, 2.24) is 24.2 Å². The number of hydrogen-bond acceptors (Lipinski definition) is 4. The monoisotopic (exact) mass is 379 g/mol. The van der Waals surface area contributed by atoms with Gasteiger partial charge in [-0.2, -0.15) is 5.10 Å². The lowest BCUT2D eigenvalue weighted by Crippen LogP contribution is -2.28. The molecule has 0 aliphatic carbocycles. The Balaban J connectivity index is 1.65. The van der Waals surface area contributed by atoms with E-state index in [9.17, 15) is 9.59 Å². The second-order valence-electron chi connectivity index (χ2n) is 7.56. The molecule has 1 aliphatic heterocycles. The molecule has 3 heterocycles. The number of aromatic nitrogens is 4. The van der Waals surface area contributed by atoms with Crippen molar-refractivity contribution in [3.8, 4) is 0 Å². The maximum absolute atomic E-state index is 12.9. The highest BCUT2D eigenvalue weighted by Crippen LogP contribution is 2.17. The van der Waals surface area contributed by atoms with E-state index in [0.29, 0.717) is 23.0 Å². The molecule has 2 aromatic heterocycles. The fourth-order valence-corrected chi connectivity index (χ4v) is 3.85. The molecule has 0 atom stereocenters. The van der Waals surface area contributed by atoms with Gasteiger partial charge in [-0.3, -0.25) is 18.8 Å². The number of rotatable bonds is 3. The zero-order valence-corrected chi connectivity index (χ0v) is 16.4. The van der Waals surface area contributed by atoms with Crippen LogP contribution in [-0.2, 0) is 26.6 Å². The predicted octanol–water partition coefficient (Wildman–Crippen LogP) is 2.52. The maximum Gasteiger partial charge on any atom is 0.261 e. The molecule has 0 spiro atoms. The molecule has 1 amide bonds. The van der Waals surface area contributed by atoms with E-state index in [1.165, 1.54) is 6.42 Å². The number of aryl methyl sites for hydroxylation is 2. The fourth-order valence-electron chi connectivity index (χ4n) is 3.85. The van der Waals surface area contributed by atoms with Crippen LogP contribution in [0.2, 0.25) is 0 Å². The summed E-state index contributed by atoms with van der Waals surface area (Å²) < 4.78 is 3.53. The molecule has 0 saturated heterocycles. The van der Waals surface area contributed by atoms with Gasteiger partial charge < -0.3 is 4.90 Å². The molecule has 0 N–H and O–H groups in total. The van der Waals surface area contributed by atoms with Gasteiger partial charge in [-0.25, -0.2) is 4.98 Å². The first kappa shape index (κ1) is 18.4. The molecule has 0 bridgehead atoms. The van der Waals surface area contributed by atoms with Crippen LogP contribution in [0.15, 0.2) is 35.4 Å². The van der Waals surface area contributed by atoms with Crippen LogP contribution in [0.5, 0.6) is 0 Å². The molecular weight excluding hydrogens is 354 g/mol. The Morgan fingerprint density at radius 3 is 2.82 bits per heavy atom. The minimum atomic E-state index is -0.0978. The Bertz CT molecular complexity index is 1080. The summed E-state index contributed by atoms with van der Waals surface area (Å²) in [4.78, 5) is 32.2. The lowest BCUT2D eigenvalue weighted by Gasteiger charge is -2.18. The van der Waals surface area contributed by atoms with Gasteiger partial charge in [-0.1, -0.05) is 12.8 Å². The van der Waals surface area contributed by atoms with Gasteiger partial charge in [0, 0.05) is 50.9 Å². The topological polar surface area (TPSA) is 73.0 Å². The SMILES string of the molecule is CN(Cc1cnn(C)c1)C(=O)c1ccc2c(=O)n3c(nc2c1)CCCCCC3. The average Bonchev–Trinajstić information content (AvgIpc) is 3.07. The number of nitrogens with zero attached hydrogens (tertiary/aromatic N) is 5. The van der Waals surface area contributed by atoms with E-state index in [4.69, 9.17) is 4.98 Å². The quantitative estimate of drug-likeness (QED) is 0.701. The first-order valence-electron chi connectivity index (χ1n) is 9.79. The molecule has 7 nitrogen and oxygen atoms in total. The minimum absolute atomic E-state index is 0.00427. The Kier molecular flexibility index (Phi) is 4.98. The van der Waals surface area contributed by atoms with Crippen LogP contribution in [0.4, 0.5) is 0 Å². The highest BCUT2D eigenvalue weighted by molar-refractivity contribution is 5.97. The first-order chi connectivity index (χ1) is 13.5. The van der Waals surface area contributed by atoms with E-state index in [-0.39, 0.29) is 11.5 Å². The molecule has 146 valence electrons. The van der Waals surface area contributed by atoms with Crippen molar-refractivity contribution in [3.63, 3.8) is 0 Å². The number of carbonyl (C=O) groups excluding carboxylic acids is 1. The molecule has 0 radical (unpaired) electrons. The van der Waals surface area contributed by atoms with Gasteiger partial charge >= 0.3 is 0 Å². The third-order valence-electron chi connectivity index (χ3n) is 5.34. The Morgan fingerprint density at radius 2 is 2.04 bits per heavy atom. The maximum atomic E-state index is 12.9. The highest BCUT2D eigenvalue weighted by atomic mass is 16.2. The summed E-state index contributed by atoms with van der Waals surface area (Å²) in [6.07, 6.45) is 8.84. The van der Waals surface area contributed by atoms with Crippen molar-refractivity contribution in [2.75, 3.05) is 7.05 Å².